The molecule has 5 nitrogen and oxygen atoms in total. The van der Waals surface area contributed by atoms with Gasteiger partial charge in [0.25, 0.3) is 5.91 Å². The van der Waals surface area contributed by atoms with Gasteiger partial charge in [-0.3, -0.25) is 4.79 Å². The van der Waals surface area contributed by atoms with Gasteiger partial charge >= 0.3 is 6.09 Å². The first-order chi connectivity index (χ1) is 10.2. The van der Waals surface area contributed by atoms with E-state index >= 15 is 0 Å². The van der Waals surface area contributed by atoms with Gasteiger partial charge in [0.1, 0.15) is 5.60 Å². The number of nitrogens with zero attached hydrogens (tertiary/aromatic N) is 1. The van der Waals surface area contributed by atoms with Gasteiger partial charge in [-0.05, 0) is 38.5 Å². The standard InChI is InChI=1S/C17H24N2O3/c1-17(2,3)22-16(21)18-11-7-9-13-8-6-10-14(12-13)15(20)19(4)5/h6-10,12H,11H2,1-5H3,(H,18,21). The molecule has 0 saturated carbocycles. The van der Waals surface area contributed by atoms with Gasteiger partial charge in [0.2, 0.25) is 0 Å². The quantitative estimate of drug-likeness (QED) is 0.930. The fourth-order valence-electron chi connectivity index (χ4n) is 1.69. The Hall–Kier alpha value is -2.30. The maximum Gasteiger partial charge on any atom is 0.407 e. The van der Waals surface area contributed by atoms with E-state index < -0.39 is 11.7 Å². The number of alkyl carbamates (subject to hydrolysis) is 1. The molecule has 0 aliphatic carbocycles. The van der Waals surface area contributed by atoms with Crippen LogP contribution in [0.15, 0.2) is 30.3 Å². The van der Waals surface area contributed by atoms with Gasteiger partial charge in [0, 0.05) is 26.2 Å². The Kier molecular flexibility index (Phi) is 6.16. The number of hydrogen-bond acceptors (Lipinski definition) is 3. The number of benzene rings is 1. The molecular formula is C17H24N2O3. The second kappa shape index (κ2) is 7.64. The Morgan fingerprint density at radius 3 is 2.55 bits per heavy atom. The molecule has 1 aromatic carbocycles. The number of nitrogens with one attached hydrogen (secondary N) is 1. The van der Waals surface area contributed by atoms with Crippen molar-refractivity contribution in [2.75, 3.05) is 20.6 Å². The number of amides is 2. The van der Waals surface area contributed by atoms with Crippen LogP contribution in [0.4, 0.5) is 4.79 Å². The van der Waals surface area contributed by atoms with Crippen LogP contribution >= 0.6 is 0 Å². The first-order valence-electron chi connectivity index (χ1n) is 7.14. The van der Waals surface area contributed by atoms with Crippen molar-refractivity contribution in [3.05, 3.63) is 41.5 Å². The Balaban J connectivity index is 2.55. The Morgan fingerprint density at radius 1 is 1.27 bits per heavy atom. The summed E-state index contributed by atoms with van der Waals surface area (Å²) in [6, 6.07) is 7.32. The van der Waals surface area contributed by atoms with E-state index in [1.807, 2.05) is 51.1 Å². The molecule has 0 saturated heterocycles. The summed E-state index contributed by atoms with van der Waals surface area (Å²) in [6.45, 7) is 5.81. The molecule has 1 aromatic rings. The SMILES string of the molecule is CN(C)C(=O)c1cccc(C=CCNC(=O)OC(C)(C)C)c1. The first-order valence-corrected chi connectivity index (χ1v) is 7.14. The molecule has 120 valence electrons. The molecule has 0 fully saturated rings. The van der Waals surface area contributed by atoms with E-state index in [0.29, 0.717) is 12.1 Å². The van der Waals surface area contributed by atoms with Crippen LogP contribution in [0.5, 0.6) is 0 Å². The molecule has 5 heteroatoms. The Bertz CT molecular complexity index is 557. The van der Waals surface area contributed by atoms with E-state index in [2.05, 4.69) is 5.32 Å². The number of rotatable bonds is 4. The summed E-state index contributed by atoms with van der Waals surface area (Å²) < 4.78 is 5.13. The highest BCUT2D eigenvalue weighted by molar-refractivity contribution is 5.94. The number of ether oxygens (including phenoxy) is 1. The fraction of sp³-hybridized carbons (Fsp3) is 0.412. The largest absolute Gasteiger partial charge is 0.444 e. The average molecular weight is 304 g/mol. The van der Waals surface area contributed by atoms with Crippen LogP contribution in [0.3, 0.4) is 0 Å². The molecule has 2 amide bonds. The summed E-state index contributed by atoms with van der Waals surface area (Å²) in [7, 11) is 3.44. The lowest BCUT2D eigenvalue weighted by atomic mass is 10.1. The molecule has 1 N–H and O–H groups in total. The molecular weight excluding hydrogens is 280 g/mol. The van der Waals surface area contributed by atoms with Gasteiger partial charge in [-0.15, -0.1) is 0 Å². The monoisotopic (exact) mass is 304 g/mol. The van der Waals surface area contributed by atoms with Crippen LogP contribution in [-0.4, -0.2) is 43.1 Å². The van der Waals surface area contributed by atoms with Crippen LogP contribution in [-0.2, 0) is 4.74 Å². The van der Waals surface area contributed by atoms with Crippen molar-refractivity contribution >= 4 is 18.1 Å². The highest BCUT2D eigenvalue weighted by Gasteiger charge is 2.15. The molecule has 0 aromatic heterocycles. The van der Waals surface area contributed by atoms with Crippen molar-refractivity contribution in [2.24, 2.45) is 0 Å². The molecule has 1 rings (SSSR count). The summed E-state index contributed by atoms with van der Waals surface area (Å²) in [4.78, 5) is 24.9. The third-order valence-corrected chi connectivity index (χ3v) is 2.61. The summed E-state index contributed by atoms with van der Waals surface area (Å²) >= 11 is 0. The van der Waals surface area contributed by atoms with Crippen molar-refractivity contribution in [1.29, 1.82) is 0 Å². The van der Waals surface area contributed by atoms with Crippen LogP contribution in [0.1, 0.15) is 36.7 Å². The van der Waals surface area contributed by atoms with Gasteiger partial charge < -0.3 is 15.0 Å². The third-order valence-electron chi connectivity index (χ3n) is 2.61. The van der Waals surface area contributed by atoms with Crippen molar-refractivity contribution in [2.45, 2.75) is 26.4 Å². The molecule has 0 radical (unpaired) electrons. The van der Waals surface area contributed by atoms with Crippen molar-refractivity contribution in [3.8, 4) is 0 Å². The number of carbonyl (C=O) groups excluding carboxylic acids is 2. The first kappa shape index (κ1) is 17.8. The van der Waals surface area contributed by atoms with Gasteiger partial charge in [-0.25, -0.2) is 4.79 Å². The molecule has 0 spiro atoms. The minimum Gasteiger partial charge on any atom is -0.444 e. The third kappa shape index (κ3) is 6.43. The number of carbonyl (C=O) groups is 2. The highest BCUT2D eigenvalue weighted by atomic mass is 16.6. The zero-order valence-electron chi connectivity index (χ0n) is 13.8. The van der Waals surface area contributed by atoms with E-state index in [4.69, 9.17) is 4.74 Å². The van der Waals surface area contributed by atoms with Crippen molar-refractivity contribution in [3.63, 3.8) is 0 Å². The van der Waals surface area contributed by atoms with Gasteiger partial charge in [-0.2, -0.15) is 0 Å². The van der Waals surface area contributed by atoms with E-state index in [0.717, 1.165) is 5.56 Å². The minimum absolute atomic E-state index is 0.0397. The topological polar surface area (TPSA) is 58.6 Å². The number of hydrogen-bond donors (Lipinski definition) is 1. The predicted molar refractivity (Wildman–Crippen MR) is 87.7 cm³/mol. The molecule has 0 aliphatic heterocycles. The van der Waals surface area contributed by atoms with E-state index in [1.54, 1.807) is 20.2 Å². The predicted octanol–water partition coefficient (Wildman–Crippen LogP) is 2.93. The summed E-state index contributed by atoms with van der Waals surface area (Å²) in [5.41, 5.74) is 1.03. The summed E-state index contributed by atoms with van der Waals surface area (Å²) in [5, 5.41) is 2.64. The van der Waals surface area contributed by atoms with Gasteiger partial charge in [0.05, 0.1) is 0 Å². The summed E-state index contributed by atoms with van der Waals surface area (Å²) in [5.74, 6) is -0.0397. The Morgan fingerprint density at radius 2 is 1.95 bits per heavy atom. The van der Waals surface area contributed by atoms with Crippen LogP contribution in [0.25, 0.3) is 6.08 Å². The van der Waals surface area contributed by atoms with Crippen LogP contribution in [0, 0.1) is 0 Å². The fourth-order valence-corrected chi connectivity index (χ4v) is 1.69. The van der Waals surface area contributed by atoms with Crippen molar-refractivity contribution in [1.82, 2.24) is 10.2 Å². The Labute approximate surface area is 132 Å². The minimum atomic E-state index is -0.505. The average Bonchev–Trinajstić information content (AvgIpc) is 2.41. The molecule has 0 aliphatic rings. The van der Waals surface area contributed by atoms with Gasteiger partial charge in [-0.1, -0.05) is 24.3 Å². The lowest BCUT2D eigenvalue weighted by Crippen LogP contribution is -2.32. The second-order valence-electron chi connectivity index (χ2n) is 6.11. The zero-order chi connectivity index (χ0) is 16.8. The maximum atomic E-state index is 11.9. The lowest BCUT2D eigenvalue weighted by Gasteiger charge is -2.19. The molecule has 0 heterocycles. The second-order valence-corrected chi connectivity index (χ2v) is 6.11. The van der Waals surface area contributed by atoms with E-state index in [9.17, 15) is 9.59 Å². The van der Waals surface area contributed by atoms with Gasteiger partial charge in [0.15, 0.2) is 0 Å². The zero-order valence-corrected chi connectivity index (χ0v) is 13.8. The van der Waals surface area contributed by atoms with Crippen LogP contribution < -0.4 is 5.32 Å². The smallest absolute Gasteiger partial charge is 0.407 e. The molecule has 0 atom stereocenters. The van der Waals surface area contributed by atoms with E-state index in [1.165, 1.54) is 4.90 Å². The van der Waals surface area contributed by atoms with E-state index in [-0.39, 0.29) is 5.91 Å². The molecule has 0 unspecified atom stereocenters. The normalized spacial score (nSPS) is 11.3. The molecule has 0 bridgehead atoms. The lowest BCUT2D eigenvalue weighted by molar-refractivity contribution is 0.0534. The van der Waals surface area contributed by atoms with Crippen molar-refractivity contribution < 1.29 is 14.3 Å². The summed E-state index contributed by atoms with van der Waals surface area (Å²) in [6.07, 6.45) is 3.21. The maximum absolute atomic E-state index is 11.9. The van der Waals surface area contributed by atoms with Crippen LogP contribution in [0.2, 0.25) is 0 Å². The highest BCUT2D eigenvalue weighted by Crippen LogP contribution is 2.09. The molecule has 22 heavy (non-hydrogen) atoms.